The van der Waals surface area contributed by atoms with E-state index in [0.29, 0.717) is 12.5 Å². The van der Waals surface area contributed by atoms with Crippen LogP contribution in [0.1, 0.15) is 38.3 Å². The molecule has 1 amide bonds. The Labute approximate surface area is 157 Å². The molecule has 2 atom stereocenters. The van der Waals surface area contributed by atoms with E-state index in [1.807, 2.05) is 18.2 Å². The summed E-state index contributed by atoms with van der Waals surface area (Å²) in [5.41, 5.74) is 0.790. The second-order valence-corrected chi connectivity index (χ2v) is 9.03. The van der Waals surface area contributed by atoms with Crippen molar-refractivity contribution >= 4 is 22.0 Å². The van der Waals surface area contributed by atoms with Gasteiger partial charge in [-0.3, -0.25) is 4.90 Å². The van der Waals surface area contributed by atoms with E-state index >= 15 is 0 Å². The molecule has 4 heterocycles. The van der Waals surface area contributed by atoms with E-state index in [4.69, 9.17) is 9.47 Å². The first-order chi connectivity index (χ1) is 11.9. The van der Waals surface area contributed by atoms with Gasteiger partial charge in [0.15, 0.2) is 0 Å². The average Bonchev–Trinajstić information content (AvgIpc) is 2.59. The summed E-state index contributed by atoms with van der Waals surface area (Å²) in [5.74, 6) is 1.34. The Morgan fingerprint density at radius 3 is 2.80 bits per heavy atom. The number of carbonyl (C=O) groups is 1. The number of nitrogens with one attached hydrogen (secondary N) is 1. The highest BCUT2D eigenvalue weighted by molar-refractivity contribution is 9.10. The van der Waals surface area contributed by atoms with Gasteiger partial charge >= 0.3 is 6.09 Å². The lowest BCUT2D eigenvalue weighted by Crippen LogP contribution is -2.53. The first kappa shape index (κ1) is 17.2. The number of rotatable bonds is 2. The van der Waals surface area contributed by atoms with Gasteiger partial charge in [-0.05, 0) is 50.0 Å². The summed E-state index contributed by atoms with van der Waals surface area (Å²) < 4.78 is 12.7. The molecule has 0 aromatic heterocycles. The van der Waals surface area contributed by atoms with Gasteiger partial charge in [-0.15, -0.1) is 0 Å². The topological polar surface area (TPSA) is 50.8 Å². The lowest BCUT2D eigenvalue weighted by Gasteiger charge is -2.44. The quantitative estimate of drug-likeness (QED) is 0.809. The zero-order chi connectivity index (χ0) is 17.6. The number of halogens is 1. The number of alkyl carbamates (subject to hydrolysis) is 1. The van der Waals surface area contributed by atoms with Gasteiger partial charge in [-0.1, -0.05) is 29.8 Å². The fraction of sp³-hybridized carbons (Fsp3) is 0.632. The summed E-state index contributed by atoms with van der Waals surface area (Å²) >= 11 is 3.52. The molecule has 3 saturated heterocycles. The van der Waals surface area contributed by atoms with Crippen LogP contribution in [-0.2, 0) is 4.74 Å². The first-order valence-electron chi connectivity index (χ1n) is 9.04. The highest BCUT2D eigenvalue weighted by Gasteiger charge is 2.41. The number of carbonyl (C=O) groups excluding carboxylic acids is 1. The Kier molecular flexibility index (Phi) is 4.44. The number of hydrogen-bond donors (Lipinski definition) is 1. The molecule has 2 bridgehead atoms. The molecule has 136 valence electrons. The minimum absolute atomic E-state index is 0.0208. The van der Waals surface area contributed by atoms with Crippen LogP contribution in [0.4, 0.5) is 4.79 Å². The van der Waals surface area contributed by atoms with Crippen LogP contribution in [0.3, 0.4) is 0 Å². The highest BCUT2D eigenvalue weighted by Crippen LogP contribution is 2.43. The summed E-state index contributed by atoms with van der Waals surface area (Å²) in [4.78, 5) is 15.0. The van der Waals surface area contributed by atoms with Gasteiger partial charge in [0.05, 0.1) is 12.6 Å². The van der Waals surface area contributed by atoms with Crippen molar-refractivity contribution in [3.05, 3.63) is 28.2 Å². The molecule has 3 fully saturated rings. The van der Waals surface area contributed by atoms with Crippen molar-refractivity contribution in [2.75, 3.05) is 26.2 Å². The molecule has 0 radical (unpaired) electrons. The molecule has 1 aromatic rings. The standard InChI is InChI=1S/C19H25BrN2O3/c1-19(2)11-24-15-4-3-13(20)9-14(15)17(19)21-18(23)25-16-10-22-7-5-12(16)6-8-22/h3-4,9,12,16-17H,5-8,10-11H2,1-2H3,(H,21,23). The number of ether oxygens (including phenoxy) is 2. The lowest BCUT2D eigenvalue weighted by molar-refractivity contribution is -0.0361. The van der Waals surface area contributed by atoms with Gasteiger partial charge in [-0.25, -0.2) is 4.79 Å². The third-order valence-corrected chi connectivity index (χ3v) is 6.27. The smallest absolute Gasteiger partial charge is 0.407 e. The molecule has 1 N–H and O–H groups in total. The Balaban J connectivity index is 1.49. The number of nitrogens with zero attached hydrogens (tertiary/aromatic N) is 1. The molecule has 25 heavy (non-hydrogen) atoms. The maximum atomic E-state index is 12.6. The van der Waals surface area contributed by atoms with E-state index in [0.717, 1.165) is 48.3 Å². The number of fused-ring (bicyclic) bond motifs is 4. The Bertz CT molecular complexity index is 671. The van der Waals surface area contributed by atoms with Gasteiger partial charge in [0.1, 0.15) is 11.9 Å². The predicted molar refractivity (Wildman–Crippen MR) is 98.7 cm³/mol. The summed E-state index contributed by atoms with van der Waals surface area (Å²) in [6.07, 6.45) is 1.98. The van der Waals surface area contributed by atoms with Crippen molar-refractivity contribution in [1.82, 2.24) is 10.2 Å². The van der Waals surface area contributed by atoms with Crippen LogP contribution < -0.4 is 10.1 Å². The molecule has 0 aliphatic carbocycles. The molecular formula is C19H25BrN2O3. The van der Waals surface area contributed by atoms with Gasteiger partial charge in [0, 0.05) is 22.0 Å². The van der Waals surface area contributed by atoms with Gasteiger partial charge in [0.25, 0.3) is 0 Å². The second kappa shape index (κ2) is 6.47. The van der Waals surface area contributed by atoms with Crippen LogP contribution >= 0.6 is 15.9 Å². The molecule has 5 nitrogen and oxygen atoms in total. The summed E-state index contributed by atoms with van der Waals surface area (Å²) in [6.45, 7) is 7.93. The average molecular weight is 409 g/mol. The number of piperidine rings is 3. The number of amides is 1. The Morgan fingerprint density at radius 1 is 1.36 bits per heavy atom. The predicted octanol–water partition coefficient (Wildman–Crippen LogP) is 3.73. The maximum absolute atomic E-state index is 12.6. The molecule has 4 aliphatic heterocycles. The molecule has 5 rings (SSSR count). The molecule has 2 unspecified atom stereocenters. The zero-order valence-electron chi connectivity index (χ0n) is 14.8. The van der Waals surface area contributed by atoms with Crippen molar-refractivity contribution in [2.24, 2.45) is 11.3 Å². The molecular weight excluding hydrogens is 384 g/mol. The summed E-state index contributed by atoms with van der Waals surface area (Å²) in [6, 6.07) is 5.79. The third-order valence-electron chi connectivity index (χ3n) is 5.78. The lowest BCUT2D eigenvalue weighted by atomic mass is 9.79. The largest absolute Gasteiger partial charge is 0.493 e. The minimum Gasteiger partial charge on any atom is -0.493 e. The summed E-state index contributed by atoms with van der Waals surface area (Å²) in [7, 11) is 0. The van der Waals surface area contributed by atoms with Crippen LogP contribution in [0.15, 0.2) is 22.7 Å². The molecule has 6 heteroatoms. The van der Waals surface area contributed by atoms with Crippen molar-refractivity contribution in [1.29, 1.82) is 0 Å². The van der Waals surface area contributed by atoms with Crippen molar-refractivity contribution in [3.63, 3.8) is 0 Å². The Hall–Kier alpha value is -1.27. The van der Waals surface area contributed by atoms with Crippen molar-refractivity contribution < 1.29 is 14.3 Å². The fourth-order valence-electron chi connectivity index (χ4n) is 4.25. The van der Waals surface area contributed by atoms with Gasteiger partial charge in [0.2, 0.25) is 0 Å². The monoisotopic (exact) mass is 408 g/mol. The molecule has 4 aliphatic rings. The van der Waals surface area contributed by atoms with Gasteiger partial charge < -0.3 is 14.8 Å². The van der Waals surface area contributed by atoms with E-state index in [-0.39, 0.29) is 23.7 Å². The third kappa shape index (κ3) is 3.38. The first-order valence-corrected chi connectivity index (χ1v) is 9.83. The van der Waals surface area contributed by atoms with Crippen LogP contribution in [0.5, 0.6) is 5.75 Å². The molecule has 0 spiro atoms. The zero-order valence-corrected chi connectivity index (χ0v) is 16.3. The minimum atomic E-state index is -0.315. The van der Waals surface area contributed by atoms with Crippen LogP contribution in [0.25, 0.3) is 0 Å². The fourth-order valence-corrected chi connectivity index (χ4v) is 4.63. The Morgan fingerprint density at radius 2 is 2.12 bits per heavy atom. The van der Waals surface area contributed by atoms with E-state index in [2.05, 4.69) is 40.0 Å². The van der Waals surface area contributed by atoms with E-state index in [1.165, 1.54) is 0 Å². The number of hydrogen-bond acceptors (Lipinski definition) is 4. The van der Waals surface area contributed by atoms with E-state index < -0.39 is 0 Å². The molecule has 0 saturated carbocycles. The van der Waals surface area contributed by atoms with Crippen LogP contribution in [0.2, 0.25) is 0 Å². The SMILES string of the molecule is CC1(C)COc2ccc(Br)cc2C1NC(=O)OC1CN2CCC1CC2. The second-order valence-electron chi connectivity index (χ2n) is 8.12. The van der Waals surface area contributed by atoms with E-state index in [1.54, 1.807) is 0 Å². The maximum Gasteiger partial charge on any atom is 0.407 e. The number of benzene rings is 1. The highest BCUT2D eigenvalue weighted by atomic mass is 79.9. The normalized spacial score (nSPS) is 32.4. The van der Waals surface area contributed by atoms with Crippen molar-refractivity contribution in [3.8, 4) is 5.75 Å². The molecule has 1 aromatic carbocycles. The van der Waals surface area contributed by atoms with Crippen LogP contribution in [0, 0.1) is 11.3 Å². The summed E-state index contributed by atoms with van der Waals surface area (Å²) in [5, 5.41) is 3.12. The van der Waals surface area contributed by atoms with E-state index in [9.17, 15) is 4.79 Å². The van der Waals surface area contributed by atoms with Crippen LogP contribution in [-0.4, -0.2) is 43.3 Å². The van der Waals surface area contributed by atoms with Crippen molar-refractivity contribution in [2.45, 2.75) is 38.8 Å². The van der Waals surface area contributed by atoms with Gasteiger partial charge in [-0.2, -0.15) is 0 Å².